The van der Waals surface area contributed by atoms with Crippen LogP contribution < -0.4 is 15.2 Å². The van der Waals surface area contributed by atoms with E-state index in [1.165, 1.54) is 19.2 Å². The highest BCUT2D eigenvalue weighted by molar-refractivity contribution is 5.70. The Balaban J connectivity index is 2.98. The van der Waals surface area contributed by atoms with Crippen LogP contribution in [-0.4, -0.2) is 55.0 Å². The van der Waals surface area contributed by atoms with Crippen LogP contribution in [0.3, 0.4) is 0 Å². The van der Waals surface area contributed by atoms with Crippen molar-refractivity contribution in [2.75, 3.05) is 20.3 Å². The Morgan fingerprint density at radius 3 is 2.23 bits per heavy atom. The van der Waals surface area contributed by atoms with E-state index in [1.54, 1.807) is 19.9 Å². The number of methoxy groups -OCH3 is 1. The second-order valence-electron chi connectivity index (χ2n) is 9.62. The molecule has 1 rings (SSSR count). The first kappa shape index (κ1) is 31.0. The Kier molecular flexibility index (Phi) is 12.8. The van der Waals surface area contributed by atoms with Crippen molar-refractivity contribution in [3.63, 3.8) is 0 Å². The highest BCUT2D eigenvalue weighted by Crippen LogP contribution is 2.35. The van der Waals surface area contributed by atoms with Crippen molar-refractivity contribution in [3.05, 3.63) is 23.8 Å². The molecule has 0 heterocycles. The first-order valence-corrected chi connectivity index (χ1v) is 11.9. The van der Waals surface area contributed by atoms with Crippen molar-refractivity contribution in [1.82, 2.24) is 0 Å². The van der Waals surface area contributed by atoms with Gasteiger partial charge in [-0.25, -0.2) is 0 Å². The average Bonchev–Trinajstić information content (AvgIpc) is 2.74. The molecule has 202 valence electrons. The topological polar surface area (TPSA) is 111 Å². The minimum atomic E-state index is -4.85. The molecule has 0 amide bonds. The van der Waals surface area contributed by atoms with Gasteiger partial charge in [-0.2, -0.15) is 0 Å². The minimum absolute atomic E-state index is 0.00213. The number of aliphatic hydroxyl groups is 1. The number of hydrogen-bond donors (Lipinski definition) is 3. The van der Waals surface area contributed by atoms with Gasteiger partial charge in [-0.1, -0.05) is 33.8 Å². The lowest BCUT2D eigenvalue weighted by molar-refractivity contribution is -0.275. The van der Waals surface area contributed by atoms with Gasteiger partial charge in [-0.05, 0) is 54.7 Å². The molecule has 0 fully saturated rings. The molecule has 4 N–H and O–H groups in total. The van der Waals surface area contributed by atoms with Crippen LogP contribution in [-0.2, 0) is 16.0 Å². The summed E-state index contributed by atoms with van der Waals surface area (Å²) >= 11 is 0. The molecule has 0 saturated carbocycles. The lowest BCUT2D eigenvalue weighted by Gasteiger charge is -2.29. The summed E-state index contributed by atoms with van der Waals surface area (Å²) in [5.41, 5.74) is 6.99. The van der Waals surface area contributed by atoms with Crippen LogP contribution in [0.25, 0.3) is 0 Å². The summed E-state index contributed by atoms with van der Waals surface area (Å²) in [7, 11) is 1.52. The number of hydrogen-bond acceptors (Lipinski definition) is 6. The smallest absolute Gasteiger partial charge is 0.490 e. The number of alkyl halides is 3. The van der Waals surface area contributed by atoms with Crippen molar-refractivity contribution in [3.8, 4) is 11.5 Å². The van der Waals surface area contributed by atoms with Crippen molar-refractivity contribution in [2.24, 2.45) is 29.4 Å². The first-order chi connectivity index (χ1) is 16.2. The van der Waals surface area contributed by atoms with E-state index in [1.807, 2.05) is 13.8 Å². The number of halogens is 3. The van der Waals surface area contributed by atoms with Gasteiger partial charge in [0, 0.05) is 26.2 Å². The fraction of sp³-hybridized carbons (Fsp3) is 0.720. The van der Waals surface area contributed by atoms with Gasteiger partial charge in [0.25, 0.3) is 0 Å². The van der Waals surface area contributed by atoms with Crippen molar-refractivity contribution < 1.29 is 42.4 Å². The summed E-state index contributed by atoms with van der Waals surface area (Å²) in [6.45, 7) is 8.15. The standard InChI is InChI=1S/C25H40F3NO6/c1-15(2)18(13-20(29)21(30)14-19(16(3)4)24(31)32)11-17-7-8-22(35-25(26,27)28)23(12-17)34-10-6-9-33-5/h7-8,12,15-16,18-21,30H,6,9-11,13-14,29H2,1-5H3,(H,31,32). The fourth-order valence-corrected chi connectivity index (χ4v) is 3.88. The van der Waals surface area contributed by atoms with E-state index in [4.69, 9.17) is 15.2 Å². The second kappa shape index (κ2) is 14.5. The number of ether oxygens (including phenoxy) is 3. The van der Waals surface area contributed by atoms with E-state index in [9.17, 15) is 28.2 Å². The molecular weight excluding hydrogens is 467 g/mol. The number of benzene rings is 1. The fourth-order valence-electron chi connectivity index (χ4n) is 3.88. The van der Waals surface area contributed by atoms with Gasteiger partial charge >= 0.3 is 12.3 Å². The number of aliphatic carboxylic acids is 1. The Morgan fingerprint density at radius 2 is 1.71 bits per heavy atom. The van der Waals surface area contributed by atoms with Gasteiger partial charge in [0.1, 0.15) is 0 Å². The summed E-state index contributed by atoms with van der Waals surface area (Å²) < 4.78 is 53.1. The molecule has 0 aromatic heterocycles. The molecule has 7 nitrogen and oxygen atoms in total. The molecule has 1 aromatic carbocycles. The molecule has 0 bridgehead atoms. The van der Waals surface area contributed by atoms with Gasteiger partial charge in [0.05, 0.1) is 18.6 Å². The first-order valence-electron chi connectivity index (χ1n) is 11.9. The molecule has 0 aliphatic heterocycles. The van der Waals surface area contributed by atoms with Crippen LogP contribution in [0.5, 0.6) is 11.5 Å². The van der Waals surface area contributed by atoms with E-state index in [0.29, 0.717) is 25.9 Å². The zero-order chi connectivity index (χ0) is 26.8. The maximum absolute atomic E-state index is 12.8. The molecule has 4 unspecified atom stereocenters. The summed E-state index contributed by atoms with van der Waals surface area (Å²) in [5.74, 6) is -2.08. The summed E-state index contributed by atoms with van der Waals surface area (Å²) in [6, 6.07) is 3.69. The highest BCUT2D eigenvalue weighted by Gasteiger charge is 2.33. The van der Waals surface area contributed by atoms with Crippen LogP contribution in [0.15, 0.2) is 18.2 Å². The predicted octanol–water partition coefficient (Wildman–Crippen LogP) is 4.64. The monoisotopic (exact) mass is 507 g/mol. The van der Waals surface area contributed by atoms with Crippen molar-refractivity contribution in [1.29, 1.82) is 0 Å². The number of rotatable bonds is 16. The van der Waals surface area contributed by atoms with E-state index in [2.05, 4.69) is 4.74 Å². The highest BCUT2D eigenvalue weighted by atomic mass is 19.4. The van der Waals surface area contributed by atoms with Crippen molar-refractivity contribution >= 4 is 5.97 Å². The summed E-state index contributed by atoms with van der Waals surface area (Å²) in [5, 5.41) is 20.0. The quantitative estimate of drug-likeness (QED) is 0.280. The van der Waals surface area contributed by atoms with Crippen LogP contribution in [0, 0.1) is 23.7 Å². The predicted molar refractivity (Wildman–Crippen MR) is 126 cm³/mol. The number of carboxylic acid groups (broad SMARTS) is 1. The van der Waals surface area contributed by atoms with Gasteiger partial charge < -0.3 is 30.2 Å². The number of carbonyl (C=O) groups is 1. The van der Waals surface area contributed by atoms with E-state index in [-0.39, 0.29) is 36.5 Å². The maximum Gasteiger partial charge on any atom is 0.573 e. The van der Waals surface area contributed by atoms with Crippen LogP contribution in [0.4, 0.5) is 13.2 Å². The third kappa shape index (κ3) is 11.5. The Labute approximate surface area is 205 Å². The molecule has 35 heavy (non-hydrogen) atoms. The Hall–Kier alpha value is -2.04. The zero-order valence-corrected chi connectivity index (χ0v) is 21.2. The molecule has 1 aromatic rings. The largest absolute Gasteiger partial charge is 0.573 e. The lowest BCUT2D eigenvalue weighted by atomic mass is 9.81. The molecule has 0 saturated heterocycles. The zero-order valence-electron chi connectivity index (χ0n) is 21.2. The Bertz CT molecular complexity index is 772. The summed E-state index contributed by atoms with van der Waals surface area (Å²) in [4.78, 5) is 11.5. The SMILES string of the molecule is COCCCOc1cc(CC(CC(N)C(O)CC(C(=O)O)C(C)C)C(C)C)ccc1OC(F)(F)F. The number of nitrogens with two attached hydrogens (primary N) is 1. The molecule has 0 radical (unpaired) electrons. The van der Waals surface area contributed by atoms with Gasteiger partial charge in [0.2, 0.25) is 0 Å². The minimum Gasteiger partial charge on any atom is -0.490 e. The maximum atomic E-state index is 12.8. The Morgan fingerprint density at radius 1 is 1.06 bits per heavy atom. The molecule has 0 aliphatic carbocycles. The molecule has 0 spiro atoms. The number of carboxylic acids is 1. The van der Waals surface area contributed by atoms with E-state index >= 15 is 0 Å². The number of aliphatic hydroxyl groups excluding tert-OH is 1. The normalized spacial score (nSPS) is 15.7. The van der Waals surface area contributed by atoms with Gasteiger partial charge in [-0.15, -0.1) is 13.2 Å². The molecule has 0 aliphatic rings. The van der Waals surface area contributed by atoms with Gasteiger partial charge in [-0.3, -0.25) is 4.79 Å². The van der Waals surface area contributed by atoms with E-state index in [0.717, 1.165) is 5.56 Å². The second-order valence-corrected chi connectivity index (χ2v) is 9.62. The molecule has 10 heteroatoms. The van der Waals surface area contributed by atoms with Crippen molar-refractivity contribution in [2.45, 2.75) is 71.9 Å². The molecule has 4 atom stereocenters. The van der Waals surface area contributed by atoms with Crippen LogP contribution in [0.2, 0.25) is 0 Å². The van der Waals surface area contributed by atoms with Crippen LogP contribution in [0.1, 0.15) is 52.5 Å². The molecular formula is C25H40F3NO6. The summed E-state index contributed by atoms with van der Waals surface area (Å²) in [6.07, 6.45) is -4.36. The third-order valence-corrected chi connectivity index (χ3v) is 6.11. The lowest BCUT2D eigenvalue weighted by Crippen LogP contribution is -2.40. The average molecular weight is 508 g/mol. The van der Waals surface area contributed by atoms with Gasteiger partial charge in [0.15, 0.2) is 11.5 Å². The van der Waals surface area contributed by atoms with Crippen LogP contribution >= 0.6 is 0 Å². The third-order valence-electron chi connectivity index (χ3n) is 6.11. The van der Waals surface area contributed by atoms with E-state index < -0.39 is 36.1 Å².